The van der Waals surface area contributed by atoms with Crippen LogP contribution in [0.1, 0.15) is 68.6 Å². The van der Waals surface area contributed by atoms with Crippen LogP contribution in [0.3, 0.4) is 0 Å². The van der Waals surface area contributed by atoms with Gasteiger partial charge in [-0.05, 0) is 57.1 Å². The first-order chi connectivity index (χ1) is 18.3. The number of carbonyl (C=O) groups is 2. The number of alkyl halides is 4. The lowest BCUT2D eigenvalue weighted by molar-refractivity contribution is -0.255. The molecule has 208 valence electrons. The van der Waals surface area contributed by atoms with Crippen molar-refractivity contribution in [3.05, 3.63) is 90.9 Å². The van der Waals surface area contributed by atoms with Gasteiger partial charge in [-0.1, -0.05) is 67.7 Å². The molecule has 0 aliphatic rings. The average molecular weight is 538 g/mol. The molecule has 1 rings (SSSR count). The van der Waals surface area contributed by atoms with Crippen LogP contribution < -0.4 is 0 Å². The maximum Gasteiger partial charge on any atom is 0.432 e. The second-order valence-corrected chi connectivity index (χ2v) is 8.05. The van der Waals surface area contributed by atoms with Gasteiger partial charge in [0, 0.05) is 18.8 Å². The maximum atomic E-state index is 14.1. The van der Waals surface area contributed by atoms with Gasteiger partial charge in [-0.15, -0.1) is 0 Å². The number of rotatable bonds is 17. The topological polar surface area (TPSA) is 65.5 Å². The smallest absolute Gasteiger partial charge is 0.432 e. The molecule has 0 fully saturated rings. The fraction of sp³-hybridized carbons (Fsp3) is 0.414. The molecule has 0 amide bonds. The third-order valence-electron chi connectivity index (χ3n) is 4.85. The van der Waals surface area contributed by atoms with Gasteiger partial charge < -0.3 is 9.47 Å². The van der Waals surface area contributed by atoms with E-state index in [1.165, 1.54) is 12.3 Å². The fourth-order valence-electron chi connectivity index (χ4n) is 2.91. The van der Waals surface area contributed by atoms with Gasteiger partial charge in [-0.2, -0.15) is 17.6 Å². The molecular weight excluding hydrogens is 502 g/mol. The Balaban J connectivity index is 2.26. The monoisotopic (exact) mass is 537 g/mol. The normalized spacial score (nSPS) is 14.2. The molecule has 1 aromatic rings. The summed E-state index contributed by atoms with van der Waals surface area (Å²) >= 11 is 0. The minimum absolute atomic E-state index is 0.266. The number of unbranched alkanes of at least 4 members (excludes halogenated alkanes) is 1. The van der Waals surface area contributed by atoms with Crippen molar-refractivity contribution in [2.75, 3.05) is 0 Å². The van der Waals surface area contributed by atoms with Crippen LogP contribution in [0.25, 0.3) is 0 Å². The van der Waals surface area contributed by atoms with Crippen LogP contribution in [0.4, 0.5) is 17.6 Å². The molecule has 0 radical (unpaired) electrons. The van der Waals surface area contributed by atoms with Crippen molar-refractivity contribution < 1.29 is 36.6 Å². The predicted octanol–water partition coefficient (Wildman–Crippen LogP) is 7.93. The number of hydrogen-bond donors (Lipinski definition) is 0. The number of halogens is 4. The molecule has 0 saturated heterocycles. The highest BCUT2D eigenvalue weighted by Crippen LogP contribution is 2.28. The number of ether oxygens (including phenoxy) is 2. The lowest BCUT2D eigenvalue weighted by Crippen LogP contribution is -2.43. The zero-order chi connectivity index (χ0) is 28.1. The molecule has 0 bridgehead atoms. The van der Waals surface area contributed by atoms with E-state index in [4.69, 9.17) is 0 Å². The van der Waals surface area contributed by atoms with Gasteiger partial charge in [0.25, 0.3) is 12.5 Å². The van der Waals surface area contributed by atoms with E-state index >= 15 is 0 Å². The van der Waals surface area contributed by atoms with E-state index in [1.807, 2.05) is 24.3 Å². The van der Waals surface area contributed by atoms with Crippen LogP contribution in [0.15, 0.2) is 85.3 Å². The van der Waals surface area contributed by atoms with Crippen LogP contribution in [-0.4, -0.2) is 35.6 Å². The van der Waals surface area contributed by atoms with Crippen molar-refractivity contribution >= 4 is 11.9 Å². The average Bonchev–Trinajstić information content (AvgIpc) is 2.88. The predicted molar refractivity (Wildman–Crippen MR) is 139 cm³/mol. The molecule has 38 heavy (non-hydrogen) atoms. The Morgan fingerprint density at radius 3 is 1.95 bits per heavy atom. The van der Waals surface area contributed by atoms with Crippen LogP contribution in [0.5, 0.6) is 0 Å². The Bertz CT molecular complexity index is 953. The highest BCUT2D eigenvalue weighted by molar-refractivity contribution is 5.89. The van der Waals surface area contributed by atoms with Gasteiger partial charge >= 0.3 is 18.1 Å². The Hall–Kier alpha value is -3.49. The molecule has 9 heteroatoms. The first kappa shape index (κ1) is 32.5. The number of allylic oxidation sites excluding steroid dienone is 10. The summed E-state index contributed by atoms with van der Waals surface area (Å²) < 4.78 is 62.1. The molecule has 2 unspecified atom stereocenters. The third-order valence-corrected chi connectivity index (χ3v) is 4.85. The van der Waals surface area contributed by atoms with Crippen molar-refractivity contribution in [2.45, 2.75) is 76.9 Å². The second kappa shape index (κ2) is 19.6. The third kappa shape index (κ3) is 15.6. The number of pyridine rings is 1. The van der Waals surface area contributed by atoms with Gasteiger partial charge in [0.1, 0.15) is 0 Å². The minimum atomic E-state index is -5.27. The largest absolute Gasteiger partial charge is 0.442 e. The van der Waals surface area contributed by atoms with Gasteiger partial charge in [0.15, 0.2) is 0 Å². The molecule has 5 nitrogen and oxygen atoms in total. The van der Waals surface area contributed by atoms with Gasteiger partial charge in [0.2, 0.25) is 0 Å². The quantitative estimate of drug-likeness (QED) is 0.0874. The summed E-state index contributed by atoms with van der Waals surface area (Å²) in [5, 5.41) is 0. The van der Waals surface area contributed by atoms with E-state index in [0.29, 0.717) is 12.8 Å². The molecule has 2 atom stereocenters. The molecule has 0 saturated carbocycles. The van der Waals surface area contributed by atoms with E-state index in [9.17, 15) is 27.2 Å². The van der Waals surface area contributed by atoms with Crippen molar-refractivity contribution in [1.82, 2.24) is 4.98 Å². The molecule has 1 aromatic heterocycles. The zero-order valence-electron chi connectivity index (χ0n) is 21.5. The Kier molecular flexibility index (Phi) is 16.8. The van der Waals surface area contributed by atoms with Gasteiger partial charge in [-0.25, -0.2) is 4.79 Å². The highest BCUT2D eigenvalue weighted by atomic mass is 19.4. The summed E-state index contributed by atoms with van der Waals surface area (Å²) in [6.07, 6.45) is 15.9. The van der Waals surface area contributed by atoms with E-state index < -0.39 is 30.6 Å². The molecule has 0 aromatic carbocycles. The standard InChI is InChI=1S/C29H35F4NO4/c1-2-3-4-5-6-7-8-9-10-11-12-13-14-15-16-17-18-21-25(35)37-27(30)26(29(31,32)33)38-28(36)24-20-19-22-34-23-24/h3-4,6-7,9-10,12-13,15-16,19-20,22-23,26-27H,2,5,8,11,14,17-18,21H2,1H3/b4-3-,7-6-,10-9-,13-12-,16-15-. The fourth-order valence-corrected chi connectivity index (χ4v) is 2.91. The summed E-state index contributed by atoms with van der Waals surface area (Å²) in [6.45, 7) is 2.10. The van der Waals surface area contributed by atoms with Crippen molar-refractivity contribution in [2.24, 2.45) is 0 Å². The van der Waals surface area contributed by atoms with Gasteiger partial charge in [0.05, 0.1) is 5.56 Å². The van der Waals surface area contributed by atoms with Gasteiger partial charge in [-0.3, -0.25) is 9.78 Å². The molecule has 0 aliphatic heterocycles. The Morgan fingerprint density at radius 1 is 0.895 bits per heavy atom. The molecule has 0 N–H and O–H groups in total. The maximum absolute atomic E-state index is 14.1. The van der Waals surface area contributed by atoms with E-state index in [2.05, 4.69) is 57.8 Å². The summed E-state index contributed by atoms with van der Waals surface area (Å²) in [5.41, 5.74) is -0.294. The van der Waals surface area contributed by atoms with Crippen LogP contribution in [0, 0.1) is 0 Å². The molecule has 0 aliphatic carbocycles. The van der Waals surface area contributed by atoms with Crippen LogP contribution in [0.2, 0.25) is 0 Å². The molecular formula is C29H35F4NO4. The van der Waals surface area contributed by atoms with Crippen LogP contribution in [-0.2, 0) is 14.3 Å². The lowest BCUT2D eigenvalue weighted by atomic mass is 10.2. The Labute approximate surface area is 221 Å². The van der Waals surface area contributed by atoms with E-state index in [0.717, 1.165) is 37.9 Å². The SMILES string of the molecule is CC/C=C\C/C=C\C/C=C\C/C=C\C/C=C\CCCC(=O)OC(F)C(OC(=O)c1cccnc1)C(F)(F)F. The van der Waals surface area contributed by atoms with Crippen LogP contribution >= 0.6 is 0 Å². The molecule has 0 spiro atoms. The first-order valence-electron chi connectivity index (χ1n) is 12.5. The summed E-state index contributed by atoms with van der Waals surface area (Å²) in [5.74, 6) is -2.59. The number of esters is 2. The number of carbonyl (C=O) groups excluding carboxylic acids is 2. The van der Waals surface area contributed by atoms with Crippen molar-refractivity contribution in [1.29, 1.82) is 0 Å². The number of nitrogens with zero attached hydrogens (tertiary/aromatic N) is 1. The summed E-state index contributed by atoms with van der Waals surface area (Å²) in [4.78, 5) is 27.2. The summed E-state index contributed by atoms with van der Waals surface area (Å²) in [6, 6.07) is 2.47. The number of aromatic nitrogens is 1. The van der Waals surface area contributed by atoms with E-state index in [-0.39, 0.29) is 18.4 Å². The first-order valence-corrected chi connectivity index (χ1v) is 12.5. The summed E-state index contributed by atoms with van der Waals surface area (Å²) in [7, 11) is 0. The number of hydrogen-bond acceptors (Lipinski definition) is 5. The lowest BCUT2D eigenvalue weighted by Gasteiger charge is -2.23. The molecule has 1 heterocycles. The van der Waals surface area contributed by atoms with Crippen molar-refractivity contribution in [3.63, 3.8) is 0 Å². The zero-order valence-corrected chi connectivity index (χ0v) is 21.5. The highest BCUT2D eigenvalue weighted by Gasteiger charge is 2.50. The minimum Gasteiger partial charge on any atom is -0.442 e. The Morgan fingerprint density at radius 2 is 1.45 bits per heavy atom. The second-order valence-electron chi connectivity index (χ2n) is 8.05. The van der Waals surface area contributed by atoms with Crippen molar-refractivity contribution in [3.8, 4) is 0 Å². The van der Waals surface area contributed by atoms with E-state index in [1.54, 1.807) is 0 Å².